The molecule has 0 aliphatic carbocycles. The van der Waals surface area contributed by atoms with Gasteiger partial charge in [0, 0.05) is 0 Å². The molecule has 0 atom stereocenters. The molecule has 12 nitrogen and oxygen atoms in total. The largest absolute Gasteiger partial charge is 0.337 e. The van der Waals surface area contributed by atoms with Gasteiger partial charge in [-0.1, -0.05) is 19.7 Å². The third-order valence-electron chi connectivity index (χ3n) is 3.67. The molecule has 0 amide bonds. The zero-order valence-corrected chi connectivity index (χ0v) is 15.5. The maximum Gasteiger partial charge on any atom is 0.337 e. The first-order valence-corrected chi connectivity index (χ1v) is 8.03. The summed E-state index contributed by atoms with van der Waals surface area (Å²) in [5.74, 6) is -7.24. The summed E-state index contributed by atoms with van der Waals surface area (Å²) in [6.07, 6.45) is 1.88. The van der Waals surface area contributed by atoms with Gasteiger partial charge >= 0.3 is 17.1 Å². The van der Waals surface area contributed by atoms with Gasteiger partial charge in [0.15, 0.2) is 0 Å². The minimum atomic E-state index is -1.49. The van der Waals surface area contributed by atoms with Gasteiger partial charge in [0.2, 0.25) is 34.7 Å². The fourth-order valence-electron chi connectivity index (χ4n) is 2.09. The molecular formula is C18H15N3O9. The minimum absolute atomic E-state index is 0.114. The molecule has 0 fully saturated rings. The van der Waals surface area contributed by atoms with Crippen LogP contribution in [0.25, 0.3) is 0 Å². The van der Waals surface area contributed by atoms with Crippen molar-refractivity contribution in [2.24, 2.45) is 0 Å². The SMILES string of the molecule is C=CC(=O)C(=O)Cn1c(=O)n(CC(=O)C(=O)C=C)c(=O)n(CC(=O)C(=O)C=C)c1=O. The second-order valence-electron chi connectivity index (χ2n) is 5.58. The van der Waals surface area contributed by atoms with Crippen LogP contribution in [0.3, 0.4) is 0 Å². The summed E-state index contributed by atoms with van der Waals surface area (Å²) >= 11 is 0. The van der Waals surface area contributed by atoms with Crippen molar-refractivity contribution in [3.8, 4) is 0 Å². The quantitative estimate of drug-likeness (QED) is 0.256. The Labute approximate surface area is 167 Å². The van der Waals surface area contributed by atoms with Crippen molar-refractivity contribution in [1.82, 2.24) is 13.7 Å². The van der Waals surface area contributed by atoms with E-state index in [0.29, 0.717) is 18.2 Å². The van der Waals surface area contributed by atoms with Gasteiger partial charge in [-0.15, -0.1) is 0 Å². The highest BCUT2D eigenvalue weighted by atomic mass is 16.2. The number of allylic oxidation sites excluding steroid dienone is 3. The van der Waals surface area contributed by atoms with E-state index in [1.54, 1.807) is 0 Å². The first-order chi connectivity index (χ1) is 14.0. The van der Waals surface area contributed by atoms with Crippen molar-refractivity contribution in [1.29, 1.82) is 0 Å². The Bertz CT molecular complexity index is 1010. The fraction of sp³-hybridized carbons (Fsp3) is 0.167. The van der Waals surface area contributed by atoms with Gasteiger partial charge in [-0.25, -0.2) is 28.1 Å². The van der Waals surface area contributed by atoms with Crippen LogP contribution in [0.1, 0.15) is 0 Å². The van der Waals surface area contributed by atoms with Gasteiger partial charge in [0.05, 0.1) is 19.6 Å². The van der Waals surface area contributed by atoms with Gasteiger partial charge in [0.1, 0.15) is 0 Å². The van der Waals surface area contributed by atoms with E-state index in [-0.39, 0.29) is 13.7 Å². The van der Waals surface area contributed by atoms with Gasteiger partial charge in [-0.2, -0.15) is 0 Å². The van der Waals surface area contributed by atoms with Gasteiger partial charge in [0.25, 0.3) is 0 Å². The molecule has 0 radical (unpaired) electrons. The second kappa shape index (κ2) is 9.73. The Hall–Kier alpha value is -4.35. The molecule has 0 aliphatic rings. The van der Waals surface area contributed by atoms with E-state index in [9.17, 15) is 43.2 Å². The molecule has 1 aromatic heterocycles. The van der Waals surface area contributed by atoms with Crippen LogP contribution in [0.4, 0.5) is 0 Å². The van der Waals surface area contributed by atoms with Crippen LogP contribution in [0.2, 0.25) is 0 Å². The monoisotopic (exact) mass is 417 g/mol. The van der Waals surface area contributed by atoms with E-state index in [1.165, 1.54) is 0 Å². The van der Waals surface area contributed by atoms with E-state index in [2.05, 4.69) is 19.7 Å². The van der Waals surface area contributed by atoms with E-state index >= 15 is 0 Å². The summed E-state index contributed by atoms with van der Waals surface area (Å²) in [6.45, 7) is 5.79. The maximum atomic E-state index is 12.5. The van der Waals surface area contributed by atoms with Crippen molar-refractivity contribution < 1.29 is 28.8 Å². The van der Waals surface area contributed by atoms with Crippen molar-refractivity contribution in [2.75, 3.05) is 0 Å². The minimum Gasteiger partial charge on any atom is -0.288 e. The van der Waals surface area contributed by atoms with Gasteiger partial charge in [-0.3, -0.25) is 28.8 Å². The third-order valence-corrected chi connectivity index (χ3v) is 3.67. The zero-order chi connectivity index (χ0) is 23.2. The molecule has 0 bridgehead atoms. The molecule has 156 valence electrons. The molecule has 0 unspecified atom stereocenters. The summed E-state index contributed by atoms with van der Waals surface area (Å²) in [6, 6.07) is 0. The summed E-state index contributed by atoms with van der Waals surface area (Å²) in [5.41, 5.74) is -4.46. The highest BCUT2D eigenvalue weighted by Crippen LogP contribution is 1.88. The van der Waals surface area contributed by atoms with Gasteiger partial charge < -0.3 is 0 Å². The predicted octanol–water partition coefficient (Wildman–Crippen LogP) is -2.86. The number of carbonyl (C=O) groups excluding carboxylic acids is 6. The van der Waals surface area contributed by atoms with Crippen LogP contribution in [-0.4, -0.2) is 48.4 Å². The lowest BCUT2D eigenvalue weighted by atomic mass is 10.2. The molecule has 1 heterocycles. The summed E-state index contributed by atoms with van der Waals surface area (Å²) in [7, 11) is 0. The van der Waals surface area contributed by atoms with Crippen LogP contribution < -0.4 is 17.1 Å². The number of Topliss-reactive ketones (excluding diaryl/α,β-unsaturated/α-hetero) is 3. The standard InChI is InChI=1S/C18H15N3O9/c1-4-10(22)13(25)7-19-16(28)20(8-14(26)11(23)5-2)18(30)21(17(19)29)9-15(27)12(24)6-3/h4-6H,1-3,7-9H2. The molecule has 1 rings (SSSR count). The Morgan fingerprint density at radius 1 is 0.533 bits per heavy atom. The highest BCUT2D eigenvalue weighted by molar-refractivity contribution is 6.42. The van der Waals surface area contributed by atoms with Gasteiger partial charge in [-0.05, 0) is 18.2 Å². The molecular weight excluding hydrogens is 402 g/mol. The molecule has 0 N–H and O–H groups in total. The number of rotatable bonds is 12. The fourth-order valence-corrected chi connectivity index (χ4v) is 2.09. The molecule has 30 heavy (non-hydrogen) atoms. The van der Waals surface area contributed by atoms with E-state index in [1.807, 2.05) is 0 Å². The smallest absolute Gasteiger partial charge is 0.288 e. The molecule has 0 spiro atoms. The first-order valence-electron chi connectivity index (χ1n) is 8.03. The van der Waals surface area contributed by atoms with Crippen molar-refractivity contribution >= 4 is 34.7 Å². The number of ketones is 6. The van der Waals surface area contributed by atoms with Crippen molar-refractivity contribution in [2.45, 2.75) is 19.6 Å². The molecule has 12 heteroatoms. The Morgan fingerprint density at radius 2 is 0.733 bits per heavy atom. The van der Waals surface area contributed by atoms with Crippen LogP contribution >= 0.6 is 0 Å². The van der Waals surface area contributed by atoms with Crippen molar-refractivity contribution in [3.63, 3.8) is 0 Å². The summed E-state index contributed by atoms with van der Waals surface area (Å²) in [4.78, 5) is 107. The first kappa shape index (κ1) is 23.7. The summed E-state index contributed by atoms with van der Waals surface area (Å²) < 4.78 is 0.341. The number of carbonyl (C=O) groups is 6. The molecule has 0 saturated carbocycles. The van der Waals surface area contributed by atoms with E-state index < -0.39 is 71.4 Å². The maximum absolute atomic E-state index is 12.5. The van der Waals surface area contributed by atoms with E-state index in [4.69, 9.17) is 0 Å². The second-order valence-corrected chi connectivity index (χ2v) is 5.58. The van der Waals surface area contributed by atoms with Crippen LogP contribution in [0, 0.1) is 0 Å². The molecule has 0 aromatic carbocycles. The summed E-state index contributed by atoms with van der Waals surface area (Å²) in [5, 5.41) is 0. The predicted molar refractivity (Wildman–Crippen MR) is 99.9 cm³/mol. The number of aromatic nitrogens is 3. The Morgan fingerprint density at radius 3 is 0.900 bits per heavy atom. The average molecular weight is 417 g/mol. The Balaban J connectivity index is 3.75. The molecule has 0 aliphatic heterocycles. The lowest BCUT2D eigenvalue weighted by Crippen LogP contribution is -2.57. The lowest BCUT2D eigenvalue weighted by molar-refractivity contribution is -0.134. The number of hydrogen-bond donors (Lipinski definition) is 0. The topological polar surface area (TPSA) is 168 Å². The van der Waals surface area contributed by atoms with E-state index in [0.717, 1.165) is 0 Å². The number of nitrogens with zero attached hydrogens (tertiary/aromatic N) is 3. The number of hydrogen-bond acceptors (Lipinski definition) is 9. The average Bonchev–Trinajstić information content (AvgIpc) is 2.74. The zero-order valence-electron chi connectivity index (χ0n) is 15.5. The molecule has 0 saturated heterocycles. The van der Waals surface area contributed by atoms with Crippen LogP contribution in [0.5, 0.6) is 0 Å². The lowest BCUT2D eigenvalue weighted by Gasteiger charge is -2.12. The third kappa shape index (κ3) is 4.92. The van der Waals surface area contributed by atoms with Crippen LogP contribution in [-0.2, 0) is 48.4 Å². The Kier molecular flexibility index (Phi) is 7.68. The normalized spacial score (nSPS) is 10.0. The van der Waals surface area contributed by atoms with Crippen molar-refractivity contribution in [3.05, 3.63) is 69.4 Å². The highest BCUT2D eigenvalue weighted by Gasteiger charge is 2.24. The van der Waals surface area contributed by atoms with Crippen LogP contribution in [0.15, 0.2) is 52.3 Å². The molecule has 1 aromatic rings.